The second kappa shape index (κ2) is 5.75. The third-order valence-electron chi connectivity index (χ3n) is 3.56. The van der Waals surface area contributed by atoms with Gasteiger partial charge >= 0.3 is 5.97 Å². The van der Waals surface area contributed by atoms with Gasteiger partial charge in [0.2, 0.25) is 0 Å². The largest absolute Gasteiger partial charge is 0.480 e. The lowest BCUT2D eigenvalue weighted by atomic mass is 10.0. The van der Waals surface area contributed by atoms with Gasteiger partial charge in [-0.3, -0.25) is 9.48 Å². The van der Waals surface area contributed by atoms with E-state index in [-0.39, 0.29) is 5.92 Å². The van der Waals surface area contributed by atoms with Crippen LogP contribution in [0.5, 0.6) is 0 Å². The molecule has 7 heteroatoms. The summed E-state index contributed by atoms with van der Waals surface area (Å²) < 4.78 is 1.62. The molecule has 0 bridgehead atoms. The monoisotopic (exact) mass is 304 g/mol. The number of carbonyl (C=O) groups is 2. The molecule has 0 fully saturated rings. The van der Waals surface area contributed by atoms with Crippen molar-refractivity contribution in [3.05, 3.63) is 23.0 Å². The maximum atomic E-state index is 12.6. The van der Waals surface area contributed by atoms with Crippen LogP contribution in [0.15, 0.2) is 6.07 Å². The SMILES string of the molecule is Cc1cc(C(=O)N[C@@H](C(=O)O)C(C)C)c2c(C)nn(C)c2n1. The molecule has 2 aromatic rings. The van der Waals surface area contributed by atoms with Gasteiger partial charge in [0, 0.05) is 12.7 Å². The Kier molecular flexibility index (Phi) is 4.16. The Balaban J connectivity index is 2.50. The molecule has 0 radical (unpaired) electrons. The van der Waals surface area contributed by atoms with Crippen molar-refractivity contribution in [1.29, 1.82) is 0 Å². The van der Waals surface area contributed by atoms with Crippen molar-refractivity contribution in [2.24, 2.45) is 13.0 Å². The van der Waals surface area contributed by atoms with Gasteiger partial charge in [-0.05, 0) is 25.8 Å². The van der Waals surface area contributed by atoms with Crippen LogP contribution in [0.4, 0.5) is 0 Å². The lowest BCUT2D eigenvalue weighted by molar-refractivity contribution is -0.140. The highest BCUT2D eigenvalue weighted by Gasteiger charge is 2.26. The van der Waals surface area contributed by atoms with Gasteiger partial charge in [0.1, 0.15) is 6.04 Å². The van der Waals surface area contributed by atoms with Crippen LogP contribution < -0.4 is 5.32 Å². The Bertz CT molecular complexity index is 749. The molecule has 0 aromatic carbocycles. The summed E-state index contributed by atoms with van der Waals surface area (Å²) in [5.41, 5.74) is 2.38. The van der Waals surface area contributed by atoms with Crippen molar-refractivity contribution in [2.75, 3.05) is 0 Å². The van der Waals surface area contributed by atoms with Gasteiger partial charge in [0.25, 0.3) is 5.91 Å². The van der Waals surface area contributed by atoms with Crippen molar-refractivity contribution in [1.82, 2.24) is 20.1 Å². The first-order valence-corrected chi connectivity index (χ1v) is 7.07. The number of aromatic nitrogens is 3. The summed E-state index contributed by atoms with van der Waals surface area (Å²) in [6, 6.07) is 0.721. The Morgan fingerprint density at radius 1 is 1.32 bits per heavy atom. The number of fused-ring (bicyclic) bond motifs is 1. The Morgan fingerprint density at radius 2 is 1.95 bits per heavy atom. The summed E-state index contributed by atoms with van der Waals surface area (Å²) in [6.07, 6.45) is 0. The summed E-state index contributed by atoms with van der Waals surface area (Å²) in [7, 11) is 1.76. The fraction of sp³-hybridized carbons (Fsp3) is 0.467. The van der Waals surface area contributed by atoms with Crippen LogP contribution in [0.1, 0.15) is 35.6 Å². The van der Waals surface area contributed by atoms with E-state index in [1.54, 1.807) is 45.5 Å². The van der Waals surface area contributed by atoms with Crippen LogP contribution in [0.25, 0.3) is 11.0 Å². The van der Waals surface area contributed by atoms with E-state index >= 15 is 0 Å². The molecule has 2 rings (SSSR count). The quantitative estimate of drug-likeness (QED) is 0.890. The number of aryl methyl sites for hydroxylation is 3. The van der Waals surface area contributed by atoms with E-state index < -0.39 is 17.9 Å². The Labute approximate surface area is 128 Å². The van der Waals surface area contributed by atoms with E-state index in [0.717, 1.165) is 0 Å². The minimum Gasteiger partial charge on any atom is -0.480 e. The fourth-order valence-electron chi connectivity index (χ4n) is 2.48. The molecule has 0 aliphatic heterocycles. The van der Waals surface area contributed by atoms with Crippen molar-refractivity contribution >= 4 is 22.9 Å². The van der Waals surface area contributed by atoms with Gasteiger partial charge in [-0.15, -0.1) is 0 Å². The second-order valence-corrected chi connectivity index (χ2v) is 5.75. The molecule has 0 unspecified atom stereocenters. The third kappa shape index (κ3) is 2.79. The van der Waals surface area contributed by atoms with E-state index in [1.807, 2.05) is 0 Å². The summed E-state index contributed by atoms with van der Waals surface area (Å²) in [5, 5.41) is 16.7. The summed E-state index contributed by atoms with van der Waals surface area (Å²) in [4.78, 5) is 28.2. The van der Waals surface area contributed by atoms with Crippen LogP contribution >= 0.6 is 0 Å². The van der Waals surface area contributed by atoms with Gasteiger partial charge in [-0.25, -0.2) is 9.78 Å². The number of carbonyl (C=O) groups excluding carboxylic acids is 1. The number of pyridine rings is 1. The van der Waals surface area contributed by atoms with Gasteiger partial charge in [-0.2, -0.15) is 5.10 Å². The first kappa shape index (κ1) is 15.9. The molecule has 1 amide bonds. The van der Waals surface area contributed by atoms with E-state index in [2.05, 4.69) is 15.4 Å². The van der Waals surface area contributed by atoms with Crippen molar-refractivity contribution < 1.29 is 14.7 Å². The maximum absolute atomic E-state index is 12.6. The van der Waals surface area contributed by atoms with Crippen LogP contribution in [0.2, 0.25) is 0 Å². The highest BCUT2D eigenvalue weighted by Crippen LogP contribution is 2.22. The predicted octanol–water partition coefficient (Wildman–Crippen LogP) is 1.42. The van der Waals surface area contributed by atoms with Crippen molar-refractivity contribution in [3.8, 4) is 0 Å². The van der Waals surface area contributed by atoms with Crippen molar-refractivity contribution in [2.45, 2.75) is 33.7 Å². The molecule has 2 heterocycles. The fourth-order valence-corrected chi connectivity index (χ4v) is 2.48. The molecule has 1 atom stereocenters. The number of carboxylic acids is 1. The lowest BCUT2D eigenvalue weighted by Gasteiger charge is -2.18. The zero-order chi connectivity index (χ0) is 16.6. The van der Waals surface area contributed by atoms with E-state index in [1.165, 1.54) is 0 Å². The number of hydrogen-bond donors (Lipinski definition) is 2. The number of amides is 1. The molecule has 0 saturated carbocycles. The lowest BCUT2D eigenvalue weighted by Crippen LogP contribution is -2.44. The average molecular weight is 304 g/mol. The molecule has 0 aliphatic carbocycles. The Morgan fingerprint density at radius 3 is 2.50 bits per heavy atom. The van der Waals surface area contributed by atoms with Crippen LogP contribution in [0.3, 0.4) is 0 Å². The number of nitrogens with zero attached hydrogens (tertiary/aromatic N) is 3. The molecular formula is C15H20N4O3. The third-order valence-corrected chi connectivity index (χ3v) is 3.56. The van der Waals surface area contributed by atoms with Crippen LogP contribution in [-0.2, 0) is 11.8 Å². The zero-order valence-corrected chi connectivity index (χ0v) is 13.3. The molecule has 7 nitrogen and oxygen atoms in total. The van der Waals surface area contributed by atoms with Gasteiger partial charge in [-0.1, -0.05) is 13.8 Å². The first-order valence-electron chi connectivity index (χ1n) is 7.07. The first-order chi connectivity index (χ1) is 10.2. The molecule has 22 heavy (non-hydrogen) atoms. The number of aliphatic carboxylic acids is 1. The number of nitrogens with one attached hydrogen (secondary N) is 1. The molecule has 2 aromatic heterocycles. The maximum Gasteiger partial charge on any atom is 0.326 e. The number of carboxylic acid groups (broad SMARTS) is 1. The van der Waals surface area contributed by atoms with Crippen LogP contribution in [-0.4, -0.2) is 37.8 Å². The standard InChI is InChI=1S/C15H20N4O3/c1-7(2)12(15(21)22)17-14(20)10-6-8(3)16-13-11(10)9(4)18-19(13)5/h6-7,12H,1-5H3,(H,17,20)(H,21,22)/t12-/m1/s1. The van der Waals surface area contributed by atoms with Crippen LogP contribution in [0, 0.1) is 19.8 Å². The minimum absolute atomic E-state index is 0.213. The minimum atomic E-state index is -1.05. The predicted molar refractivity (Wildman–Crippen MR) is 81.7 cm³/mol. The van der Waals surface area contributed by atoms with Gasteiger partial charge < -0.3 is 10.4 Å². The Hall–Kier alpha value is -2.44. The normalized spacial score (nSPS) is 12.6. The van der Waals surface area contributed by atoms with Crippen molar-refractivity contribution in [3.63, 3.8) is 0 Å². The van der Waals surface area contributed by atoms with E-state index in [4.69, 9.17) is 0 Å². The van der Waals surface area contributed by atoms with E-state index in [0.29, 0.717) is 28.0 Å². The highest BCUT2D eigenvalue weighted by atomic mass is 16.4. The summed E-state index contributed by atoms with van der Waals surface area (Å²) in [5.74, 6) is -1.68. The topological polar surface area (TPSA) is 97.1 Å². The average Bonchev–Trinajstić information content (AvgIpc) is 2.69. The molecular weight excluding hydrogens is 284 g/mol. The van der Waals surface area contributed by atoms with Gasteiger partial charge in [0.15, 0.2) is 5.65 Å². The zero-order valence-electron chi connectivity index (χ0n) is 13.3. The molecule has 0 spiro atoms. The molecule has 0 saturated heterocycles. The summed E-state index contributed by atoms with van der Waals surface area (Å²) >= 11 is 0. The van der Waals surface area contributed by atoms with Gasteiger partial charge in [0.05, 0.1) is 16.6 Å². The summed E-state index contributed by atoms with van der Waals surface area (Å²) in [6.45, 7) is 7.09. The molecule has 0 aliphatic rings. The number of hydrogen-bond acceptors (Lipinski definition) is 4. The molecule has 118 valence electrons. The van der Waals surface area contributed by atoms with E-state index in [9.17, 15) is 14.7 Å². The second-order valence-electron chi connectivity index (χ2n) is 5.75. The smallest absolute Gasteiger partial charge is 0.326 e. The molecule has 2 N–H and O–H groups in total. The highest BCUT2D eigenvalue weighted by molar-refractivity contribution is 6.07. The number of rotatable bonds is 4.